The van der Waals surface area contributed by atoms with Gasteiger partial charge < -0.3 is 14.8 Å². The normalized spacial score (nSPS) is 19.5. The van der Waals surface area contributed by atoms with Gasteiger partial charge in [0, 0.05) is 25.2 Å². The molecule has 10 heteroatoms. The van der Waals surface area contributed by atoms with Crippen LogP contribution in [0.5, 0.6) is 11.5 Å². The first-order valence-corrected chi connectivity index (χ1v) is 9.64. The molecule has 0 bridgehead atoms. The van der Waals surface area contributed by atoms with E-state index in [0.717, 1.165) is 0 Å². The molecule has 0 unspecified atom stereocenters. The molecule has 2 heterocycles. The molecule has 2 saturated heterocycles. The van der Waals surface area contributed by atoms with Gasteiger partial charge in [0.05, 0.1) is 25.7 Å². The van der Waals surface area contributed by atoms with Crippen molar-refractivity contribution in [2.45, 2.75) is 23.8 Å². The highest BCUT2D eigenvalue weighted by Crippen LogP contribution is 2.31. The minimum Gasteiger partial charge on any atom is -0.493 e. The molecule has 0 radical (unpaired) electrons. The summed E-state index contributed by atoms with van der Waals surface area (Å²) in [5.41, 5.74) is 0. The van der Waals surface area contributed by atoms with Crippen LogP contribution in [0.1, 0.15) is 12.8 Å². The molecule has 26 heavy (non-hydrogen) atoms. The smallest absolute Gasteiger partial charge is 0.324 e. The summed E-state index contributed by atoms with van der Waals surface area (Å²) in [5, 5.41) is 2.49. The van der Waals surface area contributed by atoms with Crippen LogP contribution in [0.2, 0.25) is 0 Å². The van der Waals surface area contributed by atoms with Crippen molar-refractivity contribution in [3.63, 3.8) is 0 Å². The summed E-state index contributed by atoms with van der Waals surface area (Å²) in [6.45, 7) is 0.472. The molecule has 2 aliphatic heterocycles. The molecular weight excluding hydrogens is 362 g/mol. The van der Waals surface area contributed by atoms with Crippen LogP contribution >= 0.6 is 0 Å². The average Bonchev–Trinajstić information content (AvgIpc) is 2.99. The van der Waals surface area contributed by atoms with E-state index in [-0.39, 0.29) is 36.5 Å². The number of imide groups is 1. The number of methoxy groups -OCH3 is 2. The number of carbonyl (C=O) groups is 2. The van der Waals surface area contributed by atoms with E-state index in [9.17, 15) is 18.0 Å². The van der Waals surface area contributed by atoms with Crippen LogP contribution in [0.3, 0.4) is 0 Å². The maximum atomic E-state index is 12.9. The molecule has 1 aromatic carbocycles. The molecule has 3 rings (SSSR count). The minimum atomic E-state index is -3.70. The highest BCUT2D eigenvalue weighted by molar-refractivity contribution is 7.89. The molecule has 0 aromatic heterocycles. The lowest BCUT2D eigenvalue weighted by molar-refractivity contribution is -0.127. The fourth-order valence-electron chi connectivity index (χ4n) is 3.27. The van der Waals surface area contributed by atoms with Gasteiger partial charge >= 0.3 is 6.03 Å². The van der Waals surface area contributed by atoms with Gasteiger partial charge in [0.1, 0.15) is 0 Å². The molecular formula is C16H21N3O6S. The summed E-state index contributed by atoms with van der Waals surface area (Å²) in [7, 11) is -0.779. The lowest BCUT2D eigenvalue weighted by atomic mass is 10.1. The van der Waals surface area contributed by atoms with Gasteiger partial charge in [0.2, 0.25) is 15.9 Å². The van der Waals surface area contributed by atoms with E-state index in [1.165, 1.54) is 35.6 Å². The Hall–Kier alpha value is -2.33. The first-order valence-electron chi connectivity index (χ1n) is 8.20. The molecule has 142 valence electrons. The van der Waals surface area contributed by atoms with E-state index in [1.807, 2.05) is 0 Å². The lowest BCUT2D eigenvalue weighted by Gasteiger charge is -2.34. The Morgan fingerprint density at radius 2 is 1.73 bits per heavy atom. The van der Waals surface area contributed by atoms with Crippen molar-refractivity contribution in [1.82, 2.24) is 14.5 Å². The number of nitrogens with one attached hydrogen (secondary N) is 1. The lowest BCUT2D eigenvalue weighted by Crippen LogP contribution is -2.48. The number of rotatable bonds is 5. The van der Waals surface area contributed by atoms with Crippen molar-refractivity contribution in [2.75, 3.05) is 33.9 Å². The third-order valence-electron chi connectivity index (χ3n) is 4.66. The van der Waals surface area contributed by atoms with Gasteiger partial charge in [0.25, 0.3) is 0 Å². The quantitative estimate of drug-likeness (QED) is 0.739. The average molecular weight is 383 g/mol. The molecule has 1 aromatic rings. The largest absolute Gasteiger partial charge is 0.493 e. The third-order valence-corrected chi connectivity index (χ3v) is 6.55. The number of piperidine rings is 1. The van der Waals surface area contributed by atoms with Gasteiger partial charge in [-0.1, -0.05) is 0 Å². The van der Waals surface area contributed by atoms with E-state index < -0.39 is 16.1 Å². The summed E-state index contributed by atoms with van der Waals surface area (Å²) < 4.78 is 37.4. The Labute approximate surface area is 151 Å². The number of amides is 3. The van der Waals surface area contributed by atoms with Crippen molar-refractivity contribution < 1.29 is 27.5 Å². The number of hydrogen-bond acceptors (Lipinski definition) is 6. The summed E-state index contributed by atoms with van der Waals surface area (Å²) in [4.78, 5) is 24.9. The monoisotopic (exact) mass is 383 g/mol. The molecule has 3 amide bonds. The van der Waals surface area contributed by atoms with Crippen LogP contribution in [0, 0.1) is 0 Å². The number of ether oxygens (including phenoxy) is 2. The zero-order chi connectivity index (χ0) is 18.9. The van der Waals surface area contributed by atoms with Crippen LogP contribution in [0.25, 0.3) is 0 Å². The molecule has 0 spiro atoms. The fourth-order valence-corrected chi connectivity index (χ4v) is 4.76. The first-order chi connectivity index (χ1) is 12.4. The Morgan fingerprint density at radius 3 is 2.27 bits per heavy atom. The van der Waals surface area contributed by atoms with Gasteiger partial charge in [-0.15, -0.1) is 0 Å². The van der Waals surface area contributed by atoms with Crippen molar-refractivity contribution in [2.24, 2.45) is 0 Å². The summed E-state index contributed by atoms with van der Waals surface area (Å²) in [6.07, 6.45) is 0.817. The second kappa shape index (κ2) is 7.12. The molecule has 0 atom stereocenters. The van der Waals surface area contributed by atoms with Gasteiger partial charge in [-0.2, -0.15) is 4.31 Å². The minimum absolute atomic E-state index is 0.00297. The number of urea groups is 1. The van der Waals surface area contributed by atoms with Gasteiger partial charge in [-0.3, -0.25) is 9.69 Å². The second-order valence-corrected chi connectivity index (χ2v) is 8.01. The van der Waals surface area contributed by atoms with Crippen LogP contribution in [-0.4, -0.2) is 69.5 Å². The Bertz CT molecular complexity index is 801. The molecule has 2 aliphatic rings. The standard InChI is InChI=1S/C16H21N3O6S/c1-24-13-4-3-12(9-14(13)25-2)26(22,23)18-7-5-11(6-8-18)19-15(20)10-17-16(19)21/h3-4,9,11H,5-8,10H2,1-2H3,(H,17,21). The van der Waals surface area contributed by atoms with Gasteiger partial charge in [-0.05, 0) is 25.0 Å². The molecule has 9 nitrogen and oxygen atoms in total. The number of sulfonamides is 1. The van der Waals surface area contributed by atoms with Gasteiger partial charge in [-0.25, -0.2) is 13.2 Å². The van der Waals surface area contributed by atoms with Crippen LogP contribution in [0.15, 0.2) is 23.1 Å². The summed E-state index contributed by atoms with van der Waals surface area (Å²) in [6, 6.07) is 3.77. The third kappa shape index (κ3) is 3.21. The van der Waals surface area contributed by atoms with Gasteiger partial charge in [0.15, 0.2) is 11.5 Å². The summed E-state index contributed by atoms with van der Waals surface area (Å²) in [5.74, 6) is 0.516. The maximum absolute atomic E-state index is 12.9. The zero-order valence-electron chi connectivity index (χ0n) is 14.6. The highest BCUT2D eigenvalue weighted by atomic mass is 32.2. The van der Waals surface area contributed by atoms with Crippen LogP contribution in [0.4, 0.5) is 4.79 Å². The predicted molar refractivity (Wildman–Crippen MR) is 91.6 cm³/mol. The van der Waals surface area contributed by atoms with Crippen LogP contribution in [-0.2, 0) is 14.8 Å². The van der Waals surface area contributed by atoms with Crippen molar-refractivity contribution in [3.05, 3.63) is 18.2 Å². The predicted octanol–water partition coefficient (Wildman–Crippen LogP) is 0.409. The number of carbonyl (C=O) groups excluding carboxylic acids is 2. The topological polar surface area (TPSA) is 105 Å². The zero-order valence-corrected chi connectivity index (χ0v) is 15.4. The molecule has 0 saturated carbocycles. The highest BCUT2D eigenvalue weighted by Gasteiger charge is 2.38. The second-order valence-electron chi connectivity index (χ2n) is 6.07. The van der Waals surface area contributed by atoms with E-state index in [1.54, 1.807) is 6.07 Å². The Balaban J connectivity index is 1.74. The number of hydrogen-bond donors (Lipinski definition) is 1. The molecule has 1 N–H and O–H groups in total. The molecule has 2 fully saturated rings. The number of nitrogens with zero attached hydrogens (tertiary/aromatic N) is 2. The first kappa shape index (κ1) is 18.5. The van der Waals surface area contributed by atoms with Crippen molar-refractivity contribution >= 4 is 22.0 Å². The van der Waals surface area contributed by atoms with E-state index in [4.69, 9.17) is 9.47 Å². The Morgan fingerprint density at radius 1 is 1.08 bits per heavy atom. The van der Waals surface area contributed by atoms with E-state index >= 15 is 0 Å². The fraction of sp³-hybridized carbons (Fsp3) is 0.500. The van der Waals surface area contributed by atoms with E-state index in [2.05, 4.69) is 5.32 Å². The number of benzene rings is 1. The summed E-state index contributed by atoms with van der Waals surface area (Å²) >= 11 is 0. The maximum Gasteiger partial charge on any atom is 0.324 e. The SMILES string of the molecule is COc1ccc(S(=O)(=O)N2CCC(N3C(=O)CNC3=O)CC2)cc1OC. The Kier molecular flexibility index (Phi) is 5.05. The van der Waals surface area contributed by atoms with Crippen molar-refractivity contribution in [3.8, 4) is 11.5 Å². The van der Waals surface area contributed by atoms with Crippen molar-refractivity contribution in [1.29, 1.82) is 0 Å². The van der Waals surface area contributed by atoms with Crippen LogP contribution < -0.4 is 14.8 Å². The molecule has 0 aliphatic carbocycles. The van der Waals surface area contributed by atoms with E-state index in [0.29, 0.717) is 24.3 Å².